The second-order valence-electron chi connectivity index (χ2n) is 5.39. The summed E-state index contributed by atoms with van der Waals surface area (Å²) in [5.74, 6) is 0.609. The number of halogens is 1. The van der Waals surface area contributed by atoms with E-state index in [4.69, 9.17) is 14.2 Å². The van der Waals surface area contributed by atoms with Crippen LogP contribution in [-0.2, 0) is 11.3 Å². The number of methoxy groups -OCH3 is 1. The first-order valence-electron chi connectivity index (χ1n) is 7.96. The van der Waals surface area contributed by atoms with E-state index in [0.717, 1.165) is 0 Å². The molecule has 0 aliphatic carbocycles. The van der Waals surface area contributed by atoms with Crippen LogP contribution < -0.4 is 14.2 Å². The molecule has 0 radical (unpaired) electrons. The lowest BCUT2D eigenvalue weighted by atomic mass is 10.2. The number of hydrogen-bond acceptors (Lipinski definition) is 4. The van der Waals surface area contributed by atoms with Gasteiger partial charge in [0.2, 0.25) is 0 Å². The molecule has 0 atom stereocenters. The van der Waals surface area contributed by atoms with Crippen LogP contribution in [0.5, 0.6) is 17.2 Å². The first-order valence-corrected chi connectivity index (χ1v) is 7.96. The van der Waals surface area contributed by atoms with Gasteiger partial charge in [-0.15, -0.1) is 0 Å². The van der Waals surface area contributed by atoms with Crippen LogP contribution in [0.3, 0.4) is 0 Å². The Morgan fingerprint density at radius 1 is 1.08 bits per heavy atom. The molecule has 0 saturated carbocycles. The van der Waals surface area contributed by atoms with Crippen molar-refractivity contribution in [3.63, 3.8) is 0 Å². The number of benzene rings is 2. The summed E-state index contributed by atoms with van der Waals surface area (Å²) >= 11 is 0. The van der Waals surface area contributed by atoms with Gasteiger partial charge in [0.15, 0.2) is 29.7 Å². The van der Waals surface area contributed by atoms with Gasteiger partial charge >= 0.3 is 0 Å². The van der Waals surface area contributed by atoms with Crippen LogP contribution in [0.4, 0.5) is 4.39 Å². The van der Waals surface area contributed by atoms with Gasteiger partial charge < -0.3 is 19.1 Å². The summed E-state index contributed by atoms with van der Waals surface area (Å²) in [7, 11) is 3.05. The number of hydrogen-bond donors (Lipinski definition) is 0. The summed E-state index contributed by atoms with van der Waals surface area (Å²) < 4.78 is 29.6. The number of amides is 1. The number of likely N-dealkylation sites (N-methyl/N-ethyl adjacent to an activating group) is 1. The third-order valence-corrected chi connectivity index (χ3v) is 3.56. The number of carbonyl (C=O) groups is 1. The summed E-state index contributed by atoms with van der Waals surface area (Å²) in [5.41, 5.74) is 0.670. The fraction of sp³-hybridized carbons (Fsp3) is 0.316. The summed E-state index contributed by atoms with van der Waals surface area (Å²) in [4.78, 5) is 13.7. The minimum absolute atomic E-state index is 0.126. The van der Waals surface area contributed by atoms with Crippen molar-refractivity contribution in [2.24, 2.45) is 0 Å². The Balaban J connectivity index is 1.93. The van der Waals surface area contributed by atoms with Gasteiger partial charge in [-0.3, -0.25) is 4.79 Å². The Bertz CT molecular complexity index is 720. The van der Waals surface area contributed by atoms with Gasteiger partial charge in [0, 0.05) is 13.6 Å². The van der Waals surface area contributed by atoms with Crippen molar-refractivity contribution in [1.82, 2.24) is 4.90 Å². The molecule has 0 N–H and O–H groups in total. The lowest BCUT2D eigenvalue weighted by Gasteiger charge is -2.18. The van der Waals surface area contributed by atoms with Gasteiger partial charge in [-0.25, -0.2) is 4.39 Å². The monoisotopic (exact) mass is 347 g/mol. The number of rotatable bonds is 8. The Morgan fingerprint density at radius 2 is 1.76 bits per heavy atom. The molecule has 5 nitrogen and oxygen atoms in total. The summed E-state index contributed by atoms with van der Waals surface area (Å²) in [6, 6.07) is 11.8. The molecular formula is C19H22FNO4. The number of para-hydroxylation sites is 2. The molecule has 2 aromatic carbocycles. The van der Waals surface area contributed by atoms with Gasteiger partial charge in [0.25, 0.3) is 5.91 Å². The standard InChI is InChI=1S/C19H22FNO4/c1-4-24-17-7-5-6-8-18(17)25-13-19(22)21(2)12-14-9-10-16(23-3)15(20)11-14/h5-11H,4,12-13H2,1-3H3. The lowest BCUT2D eigenvalue weighted by Crippen LogP contribution is -2.31. The highest BCUT2D eigenvalue weighted by Crippen LogP contribution is 2.26. The van der Waals surface area contributed by atoms with Gasteiger partial charge in [-0.05, 0) is 36.8 Å². The van der Waals surface area contributed by atoms with E-state index >= 15 is 0 Å². The van der Waals surface area contributed by atoms with Gasteiger partial charge in [0.1, 0.15) is 0 Å². The summed E-state index contributed by atoms with van der Waals surface area (Å²) in [6.07, 6.45) is 0. The molecule has 2 aromatic rings. The largest absolute Gasteiger partial charge is 0.494 e. The maximum Gasteiger partial charge on any atom is 0.260 e. The number of carbonyl (C=O) groups excluding carboxylic acids is 1. The number of ether oxygens (including phenoxy) is 3. The molecule has 0 spiro atoms. The zero-order valence-corrected chi connectivity index (χ0v) is 14.6. The molecule has 2 rings (SSSR count). The maximum atomic E-state index is 13.7. The Hall–Kier alpha value is -2.76. The lowest BCUT2D eigenvalue weighted by molar-refractivity contribution is -0.132. The van der Waals surface area contributed by atoms with Crippen LogP contribution in [0.1, 0.15) is 12.5 Å². The first-order chi connectivity index (χ1) is 12.0. The Kier molecular flexibility index (Phi) is 6.62. The normalized spacial score (nSPS) is 10.2. The quantitative estimate of drug-likeness (QED) is 0.735. The van der Waals surface area contributed by atoms with Crippen LogP contribution in [0.25, 0.3) is 0 Å². The van der Waals surface area contributed by atoms with Crippen molar-refractivity contribution >= 4 is 5.91 Å². The second-order valence-corrected chi connectivity index (χ2v) is 5.39. The Morgan fingerprint density at radius 3 is 2.36 bits per heavy atom. The minimum Gasteiger partial charge on any atom is -0.494 e. The van der Waals surface area contributed by atoms with Crippen molar-refractivity contribution in [2.45, 2.75) is 13.5 Å². The predicted molar refractivity (Wildman–Crippen MR) is 92.5 cm³/mol. The molecule has 0 aromatic heterocycles. The van der Waals surface area contributed by atoms with Crippen molar-refractivity contribution in [1.29, 1.82) is 0 Å². The van der Waals surface area contributed by atoms with E-state index in [0.29, 0.717) is 23.7 Å². The highest BCUT2D eigenvalue weighted by molar-refractivity contribution is 5.77. The molecule has 0 fully saturated rings. The zero-order chi connectivity index (χ0) is 18.2. The highest BCUT2D eigenvalue weighted by Gasteiger charge is 2.13. The van der Waals surface area contributed by atoms with Crippen LogP contribution in [-0.4, -0.2) is 38.2 Å². The third kappa shape index (κ3) is 5.11. The van der Waals surface area contributed by atoms with Crippen LogP contribution in [0.15, 0.2) is 42.5 Å². The number of nitrogens with zero attached hydrogens (tertiary/aromatic N) is 1. The molecule has 0 aliphatic heterocycles. The topological polar surface area (TPSA) is 48.0 Å². The van der Waals surface area contributed by atoms with Gasteiger partial charge in [-0.2, -0.15) is 0 Å². The van der Waals surface area contributed by atoms with Crippen molar-refractivity contribution in [2.75, 3.05) is 27.4 Å². The summed E-state index contributed by atoms with van der Waals surface area (Å²) in [6.45, 7) is 2.54. The molecule has 6 heteroatoms. The van der Waals surface area contributed by atoms with E-state index in [1.54, 1.807) is 25.2 Å². The molecule has 0 saturated heterocycles. The predicted octanol–water partition coefficient (Wildman–Crippen LogP) is 3.27. The van der Waals surface area contributed by atoms with E-state index in [-0.39, 0.29) is 24.8 Å². The van der Waals surface area contributed by atoms with Gasteiger partial charge in [0.05, 0.1) is 13.7 Å². The van der Waals surface area contributed by atoms with Crippen LogP contribution in [0.2, 0.25) is 0 Å². The maximum absolute atomic E-state index is 13.7. The van der Waals surface area contributed by atoms with Gasteiger partial charge in [-0.1, -0.05) is 18.2 Å². The molecule has 0 unspecified atom stereocenters. The minimum atomic E-state index is -0.456. The van der Waals surface area contributed by atoms with E-state index in [1.165, 1.54) is 24.1 Å². The molecule has 0 aliphatic rings. The molecule has 0 heterocycles. The molecular weight excluding hydrogens is 325 g/mol. The van der Waals surface area contributed by atoms with E-state index in [1.807, 2.05) is 19.1 Å². The third-order valence-electron chi connectivity index (χ3n) is 3.56. The summed E-state index contributed by atoms with van der Waals surface area (Å²) in [5, 5.41) is 0. The van der Waals surface area contributed by atoms with Crippen molar-refractivity contribution in [3.8, 4) is 17.2 Å². The average Bonchev–Trinajstić information content (AvgIpc) is 2.61. The van der Waals surface area contributed by atoms with Crippen molar-refractivity contribution < 1.29 is 23.4 Å². The molecule has 1 amide bonds. The SMILES string of the molecule is CCOc1ccccc1OCC(=O)N(C)Cc1ccc(OC)c(F)c1. The van der Waals surface area contributed by atoms with E-state index < -0.39 is 5.82 Å². The Labute approximate surface area is 146 Å². The first kappa shape index (κ1) is 18.6. The van der Waals surface area contributed by atoms with Crippen LogP contribution in [0, 0.1) is 5.82 Å². The fourth-order valence-electron chi connectivity index (χ4n) is 2.26. The molecule has 134 valence electrons. The highest BCUT2D eigenvalue weighted by atomic mass is 19.1. The average molecular weight is 347 g/mol. The van der Waals surface area contributed by atoms with Crippen LogP contribution >= 0.6 is 0 Å². The molecule has 25 heavy (non-hydrogen) atoms. The second kappa shape index (κ2) is 8.92. The fourth-order valence-corrected chi connectivity index (χ4v) is 2.26. The smallest absolute Gasteiger partial charge is 0.260 e. The van der Waals surface area contributed by atoms with E-state index in [2.05, 4.69) is 0 Å². The molecule has 0 bridgehead atoms. The zero-order valence-electron chi connectivity index (χ0n) is 14.6. The van der Waals surface area contributed by atoms with E-state index in [9.17, 15) is 9.18 Å². The van der Waals surface area contributed by atoms with Crippen molar-refractivity contribution in [3.05, 3.63) is 53.8 Å².